The maximum absolute atomic E-state index is 11.1. The third-order valence-corrected chi connectivity index (χ3v) is 3.25. The van der Waals surface area contributed by atoms with Gasteiger partial charge in [0.2, 0.25) is 0 Å². The van der Waals surface area contributed by atoms with Crippen LogP contribution in [0.1, 0.15) is 23.0 Å². The Morgan fingerprint density at radius 3 is 2.60 bits per heavy atom. The van der Waals surface area contributed by atoms with Gasteiger partial charge in [-0.1, -0.05) is 5.21 Å². The maximum Gasteiger partial charge on any atom is 0.355 e. The predicted molar refractivity (Wildman–Crippen MR) is 61.2 cm³/mol. The topological polar surface area (TPSA) is 155 Å². The second-order valence-electron chi connectivity index (χ2n) is 4.42. The van der Waals surface area contributed by atoms with Crippen LogP contribution in [0.3, 0.4) is 0 Å². The van der Waals surface area contributed by atoms with Crippen LogP contribution in [-0.4, -0.2) is 60.8 Å². The first-order valence-electron chi connectivity index (χ1n) is 5.73. The molecule has 2 rings (SSSR count). The molecule has 1 saturated heterocycles. The molecule has 0 amide bonds. The molecule has 1 fully saturated rings. The number of aromatic carboxylic acids is 1. The number of carboxylic acids is 3. The summed E-state index contributed by atoms with van der Waals surface area (Å²) >= 11 is 0. The zero-order chi connectivity index (χ0) is 14.9. The Morgan fingerprint density at radius 2 is 2.05 bits per heavy atom. The highest BCUT2D eigenvalue weighted by Gasteiger charge is 2.43. The van der Waals surface area contributed by atoms with Crippen molar-refractivity contribution in [2.45, 2.75) is 18.5 Å². The minimum absolute atomic E-state index is 0.110. The molecule has 0 aromatic carbocycles. The summed E-state index contributed by atoms with van der Waals surface area (Å²) in [5, 5.41) is 36.7. The summed E-state index contributed by atoms with van der Waals surface area (Å²) in [7, 11) is 0. The molecule has 0 aliphatic carbocycles. The van der Waals surface area contributed by atoms with E-state index in [1.54, 1.807) is 0 Å². The van der Waals surface area contributed by atoms with Crippen LogP contribution in [-0.2, 0) is 9.59 Å². The Morgan fingerprint density at radius 1 is 1.35 bits per heavy atom. The molecule has 10 nitrogen and oxygen atoms in total. The minimum Gasteiger partial charge on any atom is -0.481 e. The van der Waals surface area contributed by atoms with Crippen molar-refractivity contribution in [3.05, 3.63) is 11.9 Å². The number of aliphatic carboxylic acids is 2. The minimum atomic E-state index is -1.26. The van der Waals surface area contributed by atoms with E-state index in [0.29, 0.717) is 0 Å². The number of nitrogens with zero attached hydrogens (tertiary/aromatic N) is 3. The van der Waals surface area contributed by atoms with Crippen LogP contribution >= 0.6 is 0 Å². The molecule has 3 atom stereocenters. The molecule has 2 heterocycles. The second kappa shape index (κ2) is 5.25. The summed E-state index contributed by atoms with van der Waals surface area (Å²) in [6.45, 7) is 0.110. The zero-order valence-corrected chi connectivity index (χ0v) is 10.1. The highest BCUT2D eigenvalue weighted by atomic mass is 16.4. The molecule has 1 aliphatic heterocycles. The third-order valence-electron chi connectivity index (χ3n) is 3.25. The summed E-state index contributed by atoms with van der Waals surface area (Å²) in [5.41, 5.74) is -0.210. The van der Waals surface area contributed by atoms with Crippen LogP contribution < -0.4 is 5.32 Å². The fourth-order valence-electron chi connectivity index (χ4n) is 2.41. The molecule has 1 aromatic heterocycles. The number of carbonyl (C=O) groups is 3. The molecule has 1 aliphatic rings. The maximum atomic E-state index is 11.1. The number of aromatic nitrogens is 3. The summed E-state index contributed by atoms with van der Waals surface area (Å²) in [6.07, 6.45) is 0.627. The lowest BCUT2D eigenvalue weighted by Crippen LogP contribution is -2.37. The first-order valence-corrected chi connectivity index (χ1v) is 5.73. The number of hydrogen-bond acceptors (Lipinski definition) is 6. The molecular weight excluding hydrogens is 272 g/mol. The van der Waals surface area contributed by atoms with E-state index in [9.17, 15) is 14.4 Å². The van der Waals surface area contributed by atoms with Gasteiger partial charge >= 0.3 is 17.9 Å². The Bertz CT molecular complexity index is 556. The highest BCUT2D eigenvalue weighted by Crippen LogP contribution is 2.30. The van der Waals surface area contributed by atoms with Crippen LogP contribution in [0.2, 0.25) is 0 Å². The summed E-state index contributed by atoms with van der Waals surface area (Å²) < 4.78 is 1.06. The molecule has 4 N–H and O–H groups in total. The van der Waals surface area contributed by atoms with E-state index >= 15 is 0 Å². The zero-order valence-electron chi connectivity index (χ0n) is 10.1. The molecule has 0 bridgehead atoms. The van der Waals surface area contributed by atoms with Crippen molar-refractivity contribution in [3.63, 3.8) is 0 Å². The fourth-order valence-corrected chi connectivity index (χ4v) is 2.41. The van der Waals surface area contributed by atoms with Crippen LogP contribution in [0, 0.1) is 5.92 Å². The van der Waals surface area contributed by atoms with E-state index in [4.69, 9.17) is 15.3 Å². The Kier molecular flexibility index (Phi) is 3.66. The quantitative estimate of drug-likeness (QED) is 0.514. The predicted octanol–water partition coefficient (Wildman–Crippen LogP) is -1.34. The largest absolute Gasteiger partial charge is 0.481 e. The van der Waals surface area contributed by atoms with E-state index in [1.165, 1.54) is 0 Å². The van der Waals surface area contributed by atoms with Gasteiger partial charge in [0.05, 0.1) is 18.7 Å². The standard InChI is InChI=1S/C10H12N4O6/c15-7(16)1-4-5(2-11-8(4)10(19)20)14-6(9(17)18)3-12-13-14/h3-5,8,11H,1-2H2,(H,15,16)(H,17,18)(H,19,20)/t4-,5-,8-/m0/s1. The molecule has 0 saturated carbocycles. The smallest absolute Gasteiger partial charge is 0.355 e. The van der Waals surface area contributed by atoms with Crippen molar-refractivity contribution in [3.8, 4) is 0 Å². The van der Waals surface area contributed by atoms with Crippen LogP contribution in [0.15, 0.2) is 6.20 Å². The Balaban J connectivity index is 2.34. The van der Waals surface area contributed by atoms with Gasteiger partial charge in [0.15, 0.2) is 5.69 Å². The van der Waals surface area contributed by atoms with Gasteiger partial charge in [-0.15, -0.1) is 5.10 Å². The Hall–Kier alpha value is -2.49. The lowest BCUT2D eigenvalue weighted by molar-refractivity contribution is -0.142. The van der Waals surface area contributed by atoms with Crippen molar-refractivity contribution in [2.24, 2.45) is 5.92 Å². The average Bonchev–Trinajstić information content (AvgIpc) is 2.93. The van der Waals surface area contributed by atoms with Crippen LogP contribution in [0.5, 0.6) is 0 Å². The lowest BCUT2D eigenvalue weighted by Gasteiger charge is -2.20. The van der Waals surface area contributed by atoms with Gasteiger partial charge < -0.3 is 20.6 Å². The molecule has 0 unspecified atom stereocenters. The second-order valence-corrected chi connectivity index (χ2v) is 4.42. The fraction of sp³-hybridized carbons (Fsp3) is 0.500. The SMILES string of the molecule is O=C(O)C[C@@H]1[C@@H](C(=O)O)NC[C@@H]1n1nncc1C(=O)O. The van der Waals surface area contributed by atoms with Gasteiger partial charge in [-0.25, -0.2) is 9.48 Å². The van der Waals surface area contributed by atoms with Crippen molar-refractivity contribution in [1.82, 2.24) is 20.3 Å². The summed E-state index contributed by atoms with van der Waals surface area (Å²) in [4.78, 5) is 33.0. The van der Waals surface area contributed by atoms with Gasteiger partial charge in [0.1, 0.15) is 6.04 Å². The molecule has 108 valence electrons. The highest BCUT2D eigenvalue weighted by molar-refractivity contribution is 5.85. The van der Waals surface area contributed by atoms with E-state index < -0.39 is 42.3 Å². The lowest BCUT2D eigenvalue weighted by atomic mass is 9.93. The number of hydrogen-bond donors (Lipinski definition) is 4. The number of carboxylic acid groups (broad SMARTS) is 3. The molecule has 0 spiro atoms. The number of rotatable bonds is 5. The van der Waals surface area contributed by atoms with Crippen molar-refractivity contribution in [1.29, 1.82) is 0 Å². The van der Waals surface area contributed by atoms with Gasteiger partial charge in [0, 0.05) is 12.5 Å². The van der Waals surface area contributed by atoms with Gasteiger partial charge in [-0.2, -0.15) is 0 Å². The summed E-state index contributed by atoms with van der Waals surface area (Å²) in [5.74, 6) is -4.42. The van der Waals surface area contributed by atoms with Crippen LogP contribution in [0.25, 0.3) is 0 Å². The van der Waals surface area contributed by atoms with E-state index in [1.807, 2.05) is 0 Å². The molecule has 20 heavy (non-hydrogen) atoms. The molecular formula is C10H12N4O6. The molecule has 0 radical (unpaired) electrons. The van der Waals surface area contributed by atoms with Gasteiger partial charge in [-0.05, 0) is 0 Å². The normalized spacial score (nSPS) is 25.5. The van der Waals surface area contributed by atoms with Crippen molar-refractivity contribution >= 4 is 17.9 Å². The summed E-state index contributed by atoms with van der Waals surface area (Å²) in [6, 6.07) is -1.76. The first-order chi connectivity index (χ1) is 9.41. The van der Waals surface area contributed by atoms with E-state index in [0.717, 1.165) is 10.9 Å². The van der Waals surface area contributed by atoms with Crippen molar-refractivity contribution in [2.75, 3.05) is 6.54 Å². The first kappa shape index (κ1) is 13.9. The van der Waals surface area contributed by atoms with Gasteiger partial charge in [0.25, 0.3) is 0 Å². The molecule has 10 heteroatoms. The van der Waals surface area contributed by atoms with E-state index in [-0.39, 0.29) is 12.2 Å². The van der Waals surface area contributed by atoms with Gasteiger partial charge in [-0.3, -0.25) is 9.59 Å². The molecule has 1 aromatic rings. The van der Waals surface area contributed by atoms with Crippen LogP contribution in [0.4, 0.5) is 0 Å². The Labute approximate surface area is 112 Å². The number of nitrogens with one attached hydrogen (secondary N) is 1. The monoisotopic (exact) mass is 284 g/mol. The van der Waals surface area contributed by atoms with Crippen molar-refractivity contribution < 1.29 is 29.7 Å². The average molecular weight is 284 g/mol. The van der Waals surface area contributed by atoms with E-state index in [2.05, 4.69) is 15.6 Å². The third kappa shape index (κ3) is 2.45.